The van der Waals surface area contributed by atoms with Gasteiger partial charge in [-0.3, -0.25) is 4.79 Å². The van der Waals surface area contributed by atoms with E-state index in [1.165, 1.54) is 199 Å². The first-order valence-electron chi connectivity index (χ1n) is 21.7. The molecule has 0 aromatic rings. The van der Waals surface area contributed by atoms with Crippen LogP contribution in [0.25, 0.3) is 0 Å². The molecule has 2 atom stereocenters. The monoisotopic (exact) mass is 666 g/mol. The number of hydrogen-bond acceptors (Lipinski definition) is 3. The summed E-state index contributed by atoms with van der Waals surface area (Å²) in [4.78, 5) is 12.4. The van der Waals surface area contributed by atoms with Gasteiger partial charge in [-0.2, -0.15) is 0 Å². The van der Waals surface area contributed by atoms with E-state index in [0.717, 1.165) is 25.7 Å². The summed E-state index contributed by atoms with van der Waals surface area (Å²) < 4.78 is 0. The number of unbranched alkanes of at least 4 members (excludes halogenated alkanes) is 33. The van der Waals surface area contributed by atoms with Crippen LogP contribution in [0, 0.1) is 0 Å². The first-order valence-corrected chi connectivity index (χ1v) is 21.7. The van der Waals surface area contributed by atoms with Crippen molar-refractivity contribution in [1.29, 1.82) is 0 Å². The highest BCUT2D eigenvalue weighted by Gasteiger charge is 2.20. The molecule has 0 saturated carbocycles. The lowest BCUT2D eigenvalue weighted by atomic mass is 10.0. The van der Waals surface area contributed by atoms with Crippen LogP contribution in [0.3, 0.4) is 0 Å². The van der Waals surface area contributed by atoms with E-state index in [1.54, 1.807) is 0 Å². The van der Waals surface area contributed by atoms with Gasteiger partial charge in [0.1, 0.15) is 0 Å². The van der Waals surface area contributed by atoms with Crippen LogP contribution < -0.4 is 5.32 Å². The predicted octanol–water partition coefficient (Wildman–Crippen LogP) is 13.3. The lowest BCUT2D eigenvalue weighted by Crippen LogP contribution is -2.45. The number of aliphatic hydroxyl groups excluding tert-OH is 2. The first-order chi connectivity index (χ1) is 23.2. The summed E-state index contributed by atoms with van der Waals surface area (Å²) in [5, 5.41) is 23.1. The van der Waals surface area contributed by atoms with Crippen molar-refractivity contribution in [1.82, 2.24) is 5.32 Å². The van der Waals surface area contributed by atoms with Gasteiger partial charge >= 0.3 is 0 Å². The normalized spacial score (nSPS) is 12.9. The Bertz CT molecular complexity index is 598. The van der Waals surface area contributed by atoms with Gasteiger partial charge in [-0.15, -0.1) is 0 Å². The molecule has 0 rings (SSSR count). The van der Waals surface area contributed by atoms with Gasteiger partial charge < -0.3 is 15.5 Å². The fraction of sp³-hybridized carbons (Fsp3) is 0.977. The maximum Gasteiger partial charge on any atom is 0.220 e. The Morgan fingerprint density at radius 2 is 0.681 bits per heavy atom. The van der Waals surface area contributed by atoms with Crippen molar-refractivity contribution in [2.45, 2.75) is 264 Å². The van der Waals surface area contributed by atoms with Crippen molar-refractivity contribution in [2.75, 3.05) is 6.61 Å². The van der Waals surface area contributed by atoms with Crippen molar-refractivity contribution in [3.63, 3.8) is 0 Å². The van der Waals surface area contributed by atoms with Gasteiger partial charge in [0.05, 0.1) is 18.8 Å². The van der Waals surface area contributed by atoms with Crippen molar-refractivity contribution >= 4 is 5.91 Å². The second-order valence-electron chi connectivity index (χ2n) is 15.1. The lowest BCUT2D eigenvalue weighted by molar-refractivity contribution is -0.123. The molecule has 282 valence electrons. The Balaban J connectivity index is 3.44. The predicted molar refractivity (Wildman–Crippen MR) is 207 cm³/mol. The van der Waals surface area contributed by atoms with E-state index in [9.17, 15) is 15.0 Å². The molecular weight excluding hydrogens is 578 g/mol. The molecule has 0 spiro atoms. The van der Waals surface area contributed by atoms with Crippen LogP contribution in [0.4, 0.5) is 0 Å². The van der Waals surface area contributed by atoms with Crippen molar-refractivity contribution in [3.8, 4) is 0 Å². The summed E-state index contributed by atoms with van der Waals surface area (Å²) in [6, 6.07) is -0.528. The highest BCUT2D eigenvalue weighted by atomic mass is 16.3. The molecule has 0 saturated heterocycles. The van der Waals surface area contributed by atoms with Gasteiger partial charge in [-0.25, -0.2) is 0 Å². The van der Waals surface area contributed by atoms with Gasteiger partial charge in [0.25, 0.3) is 0 Å². The molecule has 0 aliphatic carbocycles. The van der Waals surface area contributed by atoms with Gasteiger partial charge in [-0.05, 0) is 12.8 Å². The Labute approximate surface area is 295 Å². The Kier molecular flexibility index (Phi) is 39.3. The molecule has 4 nitrogen and oxygen atoms in total. The molecule has 47 heavy (non-hydrogen) atoms. The molecule has 0 fully saturated rings. The first kappa shape index (κ1) is 46.4. The summed E-state index contributed by atoms with van der Waals surface area (Å²) in [5.41, 5.74) is 0. The maximum atomic E-state index is 12.4. The largest absolute Gasteiger partial charge is 0.394 e. The van der Waals surface area contributed by atoms with E-state index < -0.39 is 12.1 Å². The molecule has 0 bridgehead atoms. The van der Waals surface area contributed by atoms with E-state index in [-0.39, 0.29) is 12.5 Å². The maximum absolute atomic E-state index is 12.4. The molecule has 0 aliphatic heterocycles. The standard InChI is InChI=1S/C43H87NO3/c1-3-5-7-9-11-13-15-17-18-19-20-21-22-23-24-25-27-29-31-33-35-37-39-43(47)44-41(40-45)42(46)38-36-34-32-30-28-26-16-14-12-10-8-6-4-2/h41-42,45-46H,3-40H2,1-2H3,(H,44,47). The summed E-state index contributed by atoms with van der Waals surface area (Å²) >= 11 is 0. The van der Waals surface area contributed by atoms with E-state index in [4.69, 9.17) is 0 Å². The van der Waals surface area contributed by atoms with Gasteiger partial charge in [-0.1, -0.05) is 232 Å². The third-order valence-corrected chi connectivity index (χ3v) is 10.4. The average molecular weight is 666 g/mol. The molecule has 4 heteroatoms. The lowest BCUT2D eigenvalue weighted by Gasteiger charge is -2.22. The summed E-state index contributed by atoms with van der Waals surface area (Å²) in [6.45, 7) is 4.38. The molecule has 0 aromatic heterocycles. The van der Waals surface area contributed by atoms with Crippen LogP contribution in [-0.2, 0) is 4.79 Å². The quantitative estimate of drug-likeness (QED) is 0.0570. The van der Waals surface area contributed by atoms with Crippen LogP contribution >= 0.6 is 0 Å². The minimum Gasteiger partial charge on any atom is -0.394 e. The van der Waals surface area contributed by atoms with Gasteiger partial charge in [0.15, 0.2) is 0 Å². The third-order valence-electron chi connectivity index (χ3n) is 10.4. The van der Waals surface area contributed by atoms with E-state index in [0.29, 0.717) is 12.8 Å². The molecule has 2 unspecified atom stereocenters. The molecule has 0 radical (unpaired) electrons. The minimum absolute atomic E-state index is 0.0263. The zero-order chi connectivity index (χ0) is 34.3. The molecular formula is C43H87NO3. The summed E-state index contributed by atoms with van der Waals surface area (Å²) in [6.07, 6.45) is 47.5. The van der Waals surface area contributed by atoms with Crippen LogP contribution in [0.15, 0.2) is 0 Å². The average Bonchev–Trinajstić information content (AvgIpc) is 3.07. The second-order valence-corrected chi connectivity index (χ2v) is 15.1. The summed E-state index contributed by atoms with van der Waals surface area (Å²) in [7, 11) is 0. The third kappa shape index (κ3) is 36.5. The van der Waals surface area contributed by atoms with Crippen molar-refractivity contribution in [2.24, 2.45) is 0 Å². The highest BCUT2D eigenvalue weighted by molar-refractivity contribution is 5.76. The fourth-order valence-corrected chi connectivity index (χ4v) is 7.01. The molecule has 3 N–H and O–H groups in total. The Morgan fingerprint density at radius 3 is 0.957 bits per heavy atom. The van der Waals surface area contributed by atoms with Crippen LogP contribution in [0.1, 0.15) is 251 Å². The number of nitrogens with one attached hydrogen (secondary N) is 1. The molecule has 0 aromatic carbocycles. The topological polar surface area (TPSA) is 69.6 Å². The van der Waals surface area contributed by atoms with Crippen LogP contribution in [-0.4, -0.2) is 34.9 Å². The molecule has 1 amide bonds. The van der Waals surface area contributed by atoms with E-state index >= 15 is 0 Å². The van der Waals surface area contributed by atoms with E-state index in [1.807, 2.05) is 0 Å². The van der Waals surface area contributed by atoms with E-state index in [2.05, 4.69) is 19.2 Å². The number of aliphatic hydroxyl groups is 2. The number of carbonyl (C=O) groups excluding carboxylic acids is 1. The minimum atomic E-state index is -0.652. The van der Waals surface area contributed by atoms with Gasteiger partial charge in [0, 0.05) is 6.42 Å². The smallest absolute Gasteiger partial charge is 0.220 e. The Hall–Kier alpha value is -0.610. The number of amides is 1. The Morgan fingerprint density at radius 1 is 0.426 bits per heavy atom. The zero-order valence-corrected chi connectivity index (χ0v) is 32.3. The number of hydrogen-bond donors (Lipinski definition) is 3. The zero-order valence-electron chi connectivity index (χ0n) is 32.3. The number of rotatable bonds is 40. The van der Waals surface area contributed by atoms with Crippen LogP contribution in [0.2, 0.25) is 0 Å². The SMILES string of the molecule is CCCCCCCCCCCCCCCCCCCCCCCCC(=O)NC(CO)C(O)CCCCCCCCCCCCCCC. The van der Waals surface area contributed by atoms with Crippen molar-refractivity contribution < 1.29 is 15.0 Å². The van der Waals surface area contributed by atoms with Crippen molar-refractivity contribution in [3.05, 3.63) is 0 Å². The molecule has 0 heterocycles. The van der Waals surface area contributed by atoms with Crippen LogP contribution in [0.5, 0.6) is 0 Å². The highest BCUT2D eigenvalue weighted by Crippen LogP contribution is 2.17. The summed E-state index contributed by atoms with van der Waals surface area (Å²) in [5.74, 6) is -0.0263. The second kappa shape index (κ2) is 39.8. The number of carbonyl (C=O) groups is 1. The molecule has 0 aliphatic rings. The van der Waals surface area contributed by atoms with Gasteiger partial charge in [0.2, 0.25) is 5.91 Å². The fourth-order valence-electron chi connectivity index (χ4n) is 7.01.